The van der Waals surface area contributed by atoms with Gasteiger partial charge in [0.1, 0.15) is 0 Å². The highest BCUT2D eigenvalue weighted by molar-refractivity contribution is 5.13. The number of aliphatic hydroxyl groups excluding tert-OH is 1. The summed E-state index contributed by atoms with van der Waals surface area (Å²) in [4.78, 5) is 0. The maximum absolute atomic E-state index is 9.56. The van der Waals surface area contributed by atoms with Crippen molar-refractivity contribution in [3.8, 4) is 0 Å². The van der Waals surface area contributed by atoms with Crippen LogP contribution >= 0.6 is 0 Å². The van der Waals surface area contributed by atoms with Gasteiger partial charge in [-0.1, -0.05) is 30.3 Å². The van der Waals surface area contributed by atoms with Gasteiger partial charge in [0.15, 0.2) is 0 Å². The Morgan fingerprint density at radius 1 is 1.17 bits per heavy atom. The molecule has 1 aliphatic carbocycles. The third kappa shape index (κ3) is 4.11. The number of hydrogen-bond donors (Lipinski definition) is 1. The number of aliphatic hydroxyl groups is 1. The van der Waals surface area contributed by atoms with E-state index in [9.17, 15) is 5.11 Å². The van der Waals surface area contributed by atoms with Crippen LogP contribution in [0.5, 0.6) is 0 Å². The van der Waals surface area contributed by atoms with Gasteiger partial charge in [0, 0.05) is 6.61 Å². The molecule has 0 aromatic heterocycles. The molecule has 18 heavy (non-hydrogen) atoms. The summed E-state index contributed by atoms with van der Waals surface area (Å²) in [6, 6.07) is 10.3. The zero-order valence-corrected chi connectivity index (χ0v) is 11.2. The first-order chi connectivity index (χ1) is 8.75. The quantitative estimate of drug-likeness (QED) is 0.865. The summed E-state index contributed by atoms with van der Waals surface area (Å²) in [6.45, 7) is 3.50. The van der Waals surface area contributed by atoms with Crippen LogP contribution in [0.2, 0.25) is 0 Å². The van der Waals surface area contributed by atoms with E-state index in [1.807, 2.05) is 25.1 Å². The second kappa shape index (κ2) is 6.91. The fourth-order valence-corrected chi connectivity index (χ4v) is 2.75. The lowest BCUT2D eigenvalue weighted by Gasteiger charge is -2.29. The highest BCUT2D eigenvalue weighted by Gasteiger charge is 2.24. The Hall–Kier alpha value is -0.860. The molecule has 2 heteroatoms. The van der Waals surface area contributed by atoms with Crippen LogP contribution in [-0.4, -0.2) is 17.8 Å². The Morgan fingerprint density at radius 2 is 1.83 bits per heavy atom. The molecule has 0 radical (unpaired) electrons. The van der Waals surface area contributed by atoms with Gasteiger partial charge in [0.05, 0.1) is 12.7 Å². The summed E-state index contributed by atoms with van der Waals surface area (Å²) in [5.74, 6) is 1.19. The van der Waals surface area contributed by atoms with E-state index >= 15 is 0 Å². The van der Waals surface area contributed by atoms with Gasteiger partial charge in [0.25, 0.3) is 0 Å². The van der Waals surface area contributed by atoms with Crippen molar-refractivity contribution in [1.82, 2.24) is 0 Å². The molecular weight excluding hydrogens is 224 g/mol. The van der Waals surface area contributed by atoms with Crippen molar-refractivity contribution in [2.45, 2.75) is 45.3 Å². The van der Waals surface area contributed by atoms with Crippen molar-refractivity contribution < 1.29 is 9.84 Å². The van der Waals surface area contributed by atoms with Gasteiger partial charge in [-0.15, -0.1) is 0 Å². The fourth-order valence-electron chi connectivity index (χ4n) is 2.75. The minimum Gasteiger partial charge on any atom is -0.393 e. The van der Waals surface area contributed by atoms with E-state index in [2.05, 4.69) is 12.1 Å². The molecule has 0 heterocycles. The van der Waals surface area contributed by atoms with Gasteiger partial charge >= 0.3 is 0 Å². The zero-order valence-electron chi connectivity index (χ0n) is 11.2. The first-order valence-corrected chi connectivity index (χ1v) is 7.05. The minimum atomic E-state index is -0.142. The first kappa shape index (κ1) is 13.6. The molecule has 1 aliphatic rings. The van der Waals surface area contributed by atoms with E-state index in [0.29, 0.717) is 11.8 Å². The molecule has 0 spiro atoms. The number of rotatable bonds is 5. The van der Waals surface area contributed by atoms with Gasteiger partial charge in [-0.25, -0.2) is 0 Å². The van der Waals surface area contributed by atoms with Gasteiger partial charge in [-0.3, -0.25) is 0 Å². The largest absolute Gasteiger partial charge is 0.393 e. The van der Waals surface area contributed by atoms with Crippen molar-refractivity contribution in [3.63, 3.8) is 0 Å². The van der Waals surface area contributed by atoms with Crippen molar-refractivity contribution in [1.29, 1.82) is 0 Å². The van der Waals surface area contributed by atoms with Crippen molar-refractivity contribution in [2.24, 2.45) is 11.8 Å². The number of hydrogen-bond acceptors (Lipinski definition) is 2. The second-order valence-electron chi connectivity index (χ2n) is 5.52. The maximum atomic E-state index is 9.56. The third-order valence-electron chi connectivity index (χ3n) is 4.04. The van der Waals surface area contributed by atoms with Gasteiger partial charge in [-0.2, -0.15) is 0 Å². The molecule has 1 aromatic carbocycles. The van der Waals surface area contributed by atoms with E-state index in [1.54, 1.807) is 0 Å². The van der Waals surface area contributed by atoms with Gasteiger partial charge < -0.3 is 9.84 Å². The SMILES string of the molecule is CC(O)[C@H]1CC[C@H](COCc2ccccc2)CC1. The average molecular weight is 248 g/mol. The fraction of sp³-hybridized carbons (Fsp3) is 0.625. The molecule has 2 nitrogen and oxygen atoms in total. The Balaban J connectivity index is 1.64. The molecule has 1 N–H and O–H groups in total. The molecule has 1 aromatic rings. The summed E-state index contributed by atoms with van der Waals surface area (Å²) < 4.78 is 5.79. The van der Waals surface area contributed by atoms with E-state index < -0.39 is 0 Å². The molecule has 1 unspecified atom stereocenters. The Morgan fingerprint density at radius 3 is 2.44 bits per heavy atom. The second-order valence-corrected chi connectivity index (χ2v) is 5.52. The molecule has 0 aliphatic heterocycles. The van der Waals surface area contributed by atoms with E-state index in [1.165, 1.54) is 18.4 Å². The van der Waals surface area contributed by atoms with Crippen molar-refractivity contribution in [3.05, 3.63) is 35.9 Å². The average Bonchev–Trinajstić information content (AvgIpc) is 2.40. The highest BCUT2D eigenvalue weighted by atomic mass is 16.5. The summed E-state index contributed by atoms with van der Waals surface area (Å²) in [5, 5.41) is 9.56. The summed E-state index contributed by atoms with van der Waals surface area (Å²) >= 11 is 0. The van der Waals surface area contributed by atoms with Crippen molar-refractivity contribution in [2.75, 3.05) is 6.61 Å². The van der Waals surface area contributed by atoms with Gasteiger partial charge in [0.2, 0.25) is 0 Å². The predicted molar refractivity (Wildman–Crippen MR) is 73.2 cm³/mol. The van der Waals surface area contributed by atoms with Crippen LogP contribution in [0.25, 0.3) is 0 Å². The van der Waals surface area contributed by atoms with Crippen LogP contribution in [0.3, 0.4) is 0 Å². The highest BCUT2D eigenvalue weighted by Crippen LogP contribution is 2.31. The summed E-state index contributed by atoms with van der Waals surface area (Å²) in [6.07, 6.45) is 4.55. The van der Waals surface area contributed by atoms with E-state index in [-0.39, 0.29) is 6.10 Å². The van der Waals surface area contributed by atoms with E-state index in [4.69, 9.17) is 4.74 Å². The van der Waals surface area contributed by atoms with E-state index in [0.717, 1.165) is 26.1 Å². The molecule has 1 fully saturated rings. The lowest BCUT2D eigenvalue weighted by atomic mass is 9.80. The van der Waals surface area contributed by atoms with Crippen LogP contribution in [-0.2, 0) is 11.3 Å². The Labute approximate surface area is 110 Å². The molecule has 1 saturated carbocycles. The van der Waals surface area contributed by atoms with Crippen LogP contribution in [0.4, 0.5) is 0 Å². The smallest absolute Gasteiger partial charge is 0.0717 e. The number of benzene rings is 1. The normalized spacial score (nSPS) is 25.9. The summed E-state index contributed by atoms with van der Waals surface area (Å²) in [5.41, 5.74) is 1.25. The molecular formula is C16H24O2. The van der Waals surface area contributed by atoms with Crippen LogP contribution in [0, 0.1) is 11.8 Å². The molecule has 0 amide bonds. The molecule has 0 bridgehead atoms. The van der Waals surface area contributed by atoms with Crippen LogP contribution < -0.4 is 0 Å². The number of ether oxygens (including phenoxy) is 1. The molecule has 2 rings (SSSR count). The minimum absolute atomic E-state index is 0.142. The third-order valence-corrected chi connectivity index (χ3v) is 4.04. The first-order valence-electron chi connectivity index (χ1n) is 7.05. The summed E-state index contributed by atoms with van der Waals surface area (Å²) in [7, 11) is 0. The Bertz CT molecular complexity index is 326. The van der Waals surface area contributed by atoms with Crippen molar-refractivity contribution >= 4 is 0 Å². The topological polar surface area (TPSA) is 29.5 Å². The standard InChI is InChI=1S/C16H24O2/c1-13(17)16-9-7-15(8-10-16)12-18-11-14-5-3-2-4-6-14/h2-6,13,15-17H,7-12H2,1H3/t13?,15-,16-. The maximum Gasteiger partial charge on any atom is 0.0717 e. The predicted octanol–water partition coefficient (Wildman–Crippen LogP) is 3.39. The van der Waals surface area contributed by atoms with Crippen LogP contribution in [0.15, 0.2) is 30.3 Å². The molecule has 1 atom stereocenters. The lowest BCUT2D eigenvalue weighted by molar-refractivity contribution is 0.0431. The Kier molecular flexibility index (Phi) is 5.21. The molecule has 100 valence electrons. The van der Waals surface area contributed by atoms with Gasteiger partial charge in [-0.05, 0) is 50.0 Å². The molecule has 0 saturated heterocycles. The lowest BCUT2D eigenvalue weighted by Crippen LogP contribution is -2.25. The zero-order chi connectivity index (χ0) is 12.8. The van der Waals surface area contributed by atoms with Crippen LogP contribution in [0.1, 0.15) is 38.2 Å². The monoisotopic (exact) mass is 248 g/mol.